The number of methoxy groups -OCH3 is 1. The van der Waals surface area contributed by atoms with Gasteiger partial charge in [0.05, 0.1) is 7.11 Å². The monoisotopic (exact) mass is 185 g/mol. The number of esters is 1. The van der Waals surface area contributed by atoms with Gasteiger partial charge >= 0.3 is 5.97 Å². The molecule has 1 rings (SSSR count). The molecule has 0 aromatic carbocycles. The maximum atomic E-state index is 11.3. The molecule has 1 saturated heterocycles. The van der Waals surface area contributed by atoms with Crippen molar-refractivity contribution in [3.8, 4) is 0 Å². The summed E-state index contributed by atoms with van der Waals surface area (Å²) >= 11 is 0. The van der Waals surface area contributed by atoms with E-state index in [1.54, 1.807) is 0 Å². The van der Waals surface area contributed by atoms with Gasteiger partial charge in [-0.2, -0.15) is 0 Å². The number of likely N-dealkylation sites (tertiary alicyclic amines) is 1. The van der Waals surface area contributed by atoms with E-state index in [1.807, 2.05) is 6.92 Å². The van der Waals surface area contributed by atoms with E-state index >= 15 is 0 Å². The van der Waals surface area contributed by atoms with Crippen LogP contribution in [-0.4, -0.2) is 36.1 Å². The van der Waals surface area contributed by atoms with Gasteiger partial charge < -0.3 is 4.74 Å². The Bertz CT molecular complexity index is 183. The second-order valence-corrected chi connectivity index (χ2v) is 3.92. The number of hydrogen-bond donors (Lipinski definition) is 0. The Morgan fingerprint density at radius 2 is 1.85 bits per heavy atom. The van der Waals surface area contributed by atoms with Crippen LogP contribution in [0.15, 0.2) is 0 Å². The molecule has 0 spiro atoms. The molecule has 3 unspecified atom stereocenters. The molecule has 76 valence electrons. The predicted molar refractivity (Wildman–Crippen MR) is 51.5 cm³/mol. The molecule has 3 nitrogen and oxygen atoms in total. The van der Waals surface area contributed by atoms with Crippen molar-refractivity contribution >= 4 is 5.97 Å². The van der Waals surface area contributed by atoms with Gasteiger partial charge in [0.2, 0.25) is 0 Å². The molecule has 1 heterocycles. The van der Waals surface area contributed by atoms with Crippen molar-refractivity contribution in [2.24, 2.45) is 0 Å². The highest BCUT2D eigenvalue weighted by Gasteiger charge is 2.34. The molecule has 0 aromatic heterocycles. The third kappa shape index (κ3) is 2.02. The second-order valence-electron chi connectivity index (χ2n) is 3.92. The summed E-state index contributed by atoms with van der Waals surface area (Å²) in [6.45, 7) is 6.26. The molecule has 0 amide bonds. The van der Waals surface area contributed by atoms with E-state index in [2.05, 4.69) is 18.7 Å². The lowest BCUT2D eigenvalue weighted by Gasteiger charge is -2.30. The van der Waals surface area contributed by atoms with Crippen LogP contribution >= 0.6 is 0 Å². The number of carbonyl (C=O) groups excluding carboxylic acids is 1. The fraction of sp³-hybridized carbons (Fsp3) is 0.900. The van der Waals surface area contributed by atoms with Gasteiger partial charge in [-0.15, -0.1) is 0 Å². The van der Waals surface area contributed by atoms with Gasteiger partial charge in [-0.3, -0.25) is 9.69 Å². The standard InChI is InChI=1S/C10H19NO2/c1-7-5-6-8(2)11(7)9(3)10(12)13-4/h7-9H,5-6H2,1-4H3. The predicted octanol–water partition coefficient (Wildman–Crippen LogP) is 1.42. The summed E-state index contributed by atoms with van der Waals surface area (Å²) in [7, 11) is 1.45. The maximum Gasteiger partial charge on any atom is 0.322 e. The topological polar surface area (TPSA) is 29.5 Å². The van der Waals surface area contributed by atoms with Crippen LogP contribution < -0.4 is 0 Å². The Labute approximate surface area is 80.1 Å². The molecule has 0 radical (unpaired) electrons. The van der Waals surface area contributed by atoms with Crippen LogP contribution in [0.5, 0.6) is 0 Å². The van der Waals surface area contributed by atoms with E-state index in [1.165, 1.54) is 20.0 Å². The quantitative estimate of drug-likeness (QED) is 0.609. The van der Waals surface area contributed by atoms with E-state index in [0.717, 1.165) is 0 Å². The molecule has 0 aromatic rings. The number of carbonyl (C=O) groups is 1. The molecule has 0 bridgehead atoms. The lowest BCUT2D eigenvalue weighted by Crippen LogP contribution is -2.45. The average Bonchev–Trinajstić information content (AvgIpc) is 2.44. The van der Waals surface area contributed by atoms with Crippen LogP contribution in [0.2, 0.25) is 0 Å². The van der Waals surface area contributed by atoms with E-state index in [-0.39, 0.29) is 12.0 Å². The Morgan fingerprint density at radius 3 is 2.23 bits per heavy atom. The number of ether oxygens (including phenoxy) is 1. The molecule has 1 aliphatic heterocycles. The van der Waals surface area contributed by atoms with Crippen molar-refractivity contribution in [3.63, 3.8) is 0 Å². The van der Waals surface area contributed by atoms with Crippen LogP contribution in [0.4, 0.5) is 0 Å². The molecular weight excluding hydrogens is 166 g/mol. The fourth-order valence-corrected chi connectivity index (χ4v) is 2.27. The zero-order valence-electron chi connectivity index (χ0n) is 8.91. The first-order valence-corrected chi connectivity index (χ1v) is 4.93. The van der Waals surface area contributed by atoms with Gasteiger partial charge in [-0.1, -0.05) is 0 Å². The van der Waals surface area contributed by atoms with Gasteiger partial charge in [-0.05, 0) is 33.6 Å². The maximum absolute atomic E-state index is 11.3. The molecule has 3 atom stereocenters. The highest BCUT2D eigenvalue weighted by molar-refractivity contribution is 5.75. The summed E-state index contributed by atoms with van der Waals surface area (Å²) in [4.78, 5) is 13.6. The van der Waals surface area contributed by atoms with E-state index < -0.39 is 0 Å². The Kier molecular flexibility index (Phi) is 3.31. The van der Waals surface area contributed by atoms with Crippen molar-refractivity contribution < 1.29 is 9.53 Å². The van der Waals surface area contributed by atoms with Crippen LogP contribution in [0.1, 0.15) is 33.6 Å². The minimum atomic E-state index is -0.124. The Morgan fingerprint density at radius 1 is 1.38 bits per heavy atom. The highest BCUT2D eigenvalue weighted by Crippen LogP contribution is 2.26. The molecular formula is C10H19NO2. The molecule has 0 aliphatic carbocycles. The number of nitrogens with zero attached hydrogens (tertiary/aromatic N) is 1. The second kappa shape index (κ2) is 4.09. The summed E-state index contributed by atoms with van der Waals surface area (Å²) in [5.74, 6) is -0.124. The number of rotatable bonds is 2. The molecule has 0 saturated carbocycles. The van der Waals surface area contributed by atoms with Gasteiger partial charge in [-0.25, -0.2) is 0 Å². The van der Waals surface area contributed by atoms with Crippen molar-refractivity contribution in [3.05, 3.63) is 0 Å². The molecule has 1 fully saturated rings. The molecule has 3 heteroatoms. The fourth-order valence-electron chi connectivity index (χ4n) is 2.27. The molecule has 13 heavy (non-hydrogen) atoms. The van der Waals surface area contributed by atoms with Gasteiger partial charge in [0.15, 0.2) is 0 Å². The Balaban J connectivity index is 2.63. The SMILES string of the molecule is COC(=O)C(C)N1C(C)CCC1C. The van der Waals surface area contributed by atoms with E-state index in [4.69, 9.17) is 4.74 Å². The minimum Gasteiger partial charge on any atom is -0.468 e. The van der Waals surface area contributed by atoms with Gasteiger partial charge in [0, 0.05) is 12.1 Å². The van der Waals surface area contributed by atoms with E-state index in [9.17, 15) is 4.79 Å². The third-order valence-corrected chi connectivity index (χ3v) is 3.01. The van der Waals surface area contributed by atoms with Crippen LogP contribution in [0.3, 0.4) is 0 Å². The largest absolute Gasteiger partial charge is 0.468 e. The lowest BCUT2D eigenvalue weighted by molar-refractivity contribution is -0.147. The lowest BCUT2D eigenvalue weighted by atomic mass is 10.2. The van der Waals surface area contributed by atoms with Gasteiger partial charge in [0.1, 0.15) is 6.04 Å². The summed E-state index contributed by atoms with van der Waals surface area (Å²) in [5.41, 5.74) is 0. The Hall–Kier alpha value is -0.570. The first-order valence-electron chi connectivity index (χ1n) is 4.93. The van der Waals surface area contributed by atoms with Crippen molar-refractivity contribution in [1.82, 2.24) is 4.90 Å². The van der Waals surface area contributed by atoms with Crippen molar-refractivity contribution in [2.45, 2.75) is 51.7 Å². The highest BCUT2D eigenvalue weighted by atomic mass is 16.5. The first-order chi connectivity index (χ1) is 6.07. The van der Waals surface area contributed by atoms with Crippen LogP contribution in [-0.2, 0) is 9.53 Å². The normalized spacial score (nSPS) is 31.7. The van der Waals surface area contributed by atoms with E-state index in [0.29, 0.717) is 12.1 Å². The zero-order chi connectivity index (χ0) is 10.0. The number of hydrogen-bond acceptors (Lipinski definition) is 3. The smallest absolute Gasteiger partial charge is 0.322 e. The zero-order valence-corrected chi connectivity index (χ0v) is 8.91. The summed E-state index contributed by atoms with van der Waals surface area (Å²) in [6.07, 6.45) is 2.37. The van der Waals surface area contributed by atoms with Crippen molar-refractivity contribution in [1.29, 1.82) is 0 Å². The van der Waals surface area contributed by atoms with Crippen LogP contribution in [0.25, 0.3) is 0 Å². The summed E-state index contributed by atoms with van der Waals surface area (Å²) in [6, 6.07) is 0.908. The van der Waals surface area contributed by atoms with Crippen LogP contribution in [0, 0.1) is 0 Å². The van der Waals surface area contributed by atoms with Crippen molar-refractivity contribution in [2.75, 3.05) is 7.11 Å². The first kappa shape index (κ1) is 10.5. The third-order valence-electron chi connectivity index (χ3n) is 3.01. The summed E-state index contributed by atoms with van der Waals surface area (Å²) < 4.78 is 4.74. The summed E-state index contributed by atoms with van der Waals surface area (Å²) in [5, 5.41) is 0. The molecule has 1 aliphatic rings. The van der Waals surface area contributed by atoms with Gasteiger partial charge in [0.25, 0.3) is 0 Å². The minimum absolute atomic E-state index is 0.0995. The average molecular weight is 185 g/mol. The molecule has 0 N–H and O–H groups in total.